The highest BCUT2D eigenvalue weighted by Crippen LogP contribution is 2.26. The number of urea groups is 1. The molecule has 8 nitrogen and oxygen atoms in total. The average molecular weight is 366 g/mol. The fourth-order valence-corrected chi connectivity index (χ4v) is 2.15. The number of carboxylic acids is 1. The molecule has 0 saturated heterocycles. The van der Waals surface area contributed by atoms with Gasteiger partial charge < -0.3 is 15.7 Å². The summed E-state index contributed by atoms with van der Waals surface area (Å²) >= 11 is 3.12. The van der Waals surface area contributed by atoms with Gasteiger partial charge in [0.25, 0.3) is 0 Å². The number of aromatic carboxylic acids is 1. The Morgan fingerprint density at radius 2 is 2.00 bits per heavy atom. The number of sulfonamides is 1. The van der Waals surface area contributed by atoms with E-state index < -0.39 is 27.8 Å². The van der Waals surface area contributed by atoms with Crippen molar-refractivity contribution in [1.82, 2.24) is 5.32 Å². The summed E-state index contributed by atoms with van der Waals surface area (Å²) in [7, 11) is -3.67. The summed E-state index contributed by atoms with van der Waals surface area (Å²) in [6.45, 7) is -0.183. The number of nitrogens with one attached hydrogen (secondary N) is 2. The molecule has 0 unspecified atom stereocenters. The monoisotopic (exact) mass is 365 g/mol. The van der Waals surface area contributed by atoms with Crippen LogP contribution < -0.4 is 15.8 Å². The quantitative estimate of drug-likeness (QED) is 0.603. The number of benzene rings is 1. The van der Waals surface area contributed by atoms with Gasteiger partial charge >= 0.3 is 12.0 Å². The molecule has 20 heavy (non-hydrogen) atoms. The minimum Gasteiger partial charge on any atom is -0.478 e. The molecule has 1 rings (SSSR count). The van der Waals surface area contributed by atoms with Crippen molar-refractivity contribution in [3.63, 3.8) is 0 Å². The maximum atomic E-state index is 11.6. The van der Waals surface area contributed by atoms with E-state index in [1.807, 2.05) is 0 Å². The lowest BCUT2D eigenvalue weighted by atomic mass is 10.2. The van der Waals surface area contributed by atoms with Gasteiger partial charge in [-0.05, 0) is 28.1 Å². The molecule has 1 aromatic carbocycles. The molecular formula is C10H12BrN3O5S. The number of carbonyl (C=O) groups excluding carboxylic acids is 1. The summed E-state index contributed by atoms with van der Waals surface area (Å²) in [5, 5.41) is 18.4. The van der Waals surface area contributed by atoms with Gasteiger partial charge in [0.05, 0.1) is 17.0 Å². The molecule has 0 aliphatic heterocycles. The maximum absolute atomic E-state index is 11.6. The third-order valence-corrected chi connectivity index (χ3v) is 3.59. The third kappa shape index (κ3) is 5.15. The zero-order valence-electron chi connectivity index (χ0n) is 10.1. The van der Waals surface area contributed by atoms with Crippen molar-refractivity contribution >= 4 is 43.6 Å². The van der Waals surface area contributed by atoms with E-state index in [-0.39, 0.29) is 17.8 Å². The van der Waals surface area contributed by atoms with Crippen molar-refractivity contribution in [2.24, 2.45) is 5.14 Å². The van der Waals surface area contributed by atoms with Crippen molar-refractivity contribution in [3.8, 4) is 0 Å². The second kappa shape index (κ2) is 6.68. The molecule has 0 aliphatic rings. The number of para-hydroxylation sites is 1. The highest BCUT2D eigenvalue weighted by atomic mass is 79.9. The van der Waals surface area contributed by atoms with Crippen molar-refractivity contribution < 1.29 is 23.1 Å². The second-order valence-electron chi connectivity index (χ2n) is 3.72. The minimum absolute atomic E-state index is 0.0769. The van der Waals surface area contributed by atoms with E-state index in [2.05, 4.69) is 26.6 Å². The first-order valence-corrected chi connectivity index (χ1v) is 7.78. The normalized spacial score (nSPS) is 10.9. The Bertz CT molecular complexity index is 632. The molecule has 0 aliphatic carbocycles. The first kappa shape index (κ1) is 16.4. The zero-order chi connectivity index (χ0) is 15.3. The molecule has 1 aromatic rings. The van der Waals surface area contributed by atoms with Crippen LogP contribution in [0.1, 0.15) is 10.4 Å². The van der Waals surface area contributed by atoms with Crippen LogP contribution >= 0.6 is 15.9 Å². The van der Waals surface area contributed by atoms with Gasteiger partial charge in [0.15, 0.2) is 0 Å². The van der Waals surface area contributed by atoms with E-state index in [0.717, 1.165) is 0 Å². The van der Waals surface area contributed by atoms with Crippen LogP contribution in [0, 0.1) is 0 Å². The molecular weight excluding hydrogens is 354 g/mol. The molecule has 0 heterocycles. The van der Waals surface area contributed by atoms with Gasteiger partial charge in [-0.3, -0.25) is 0 Å². The fourth-order valence-electron chi connectivity index (χ4n) is 1.29. The molecule has 0 bridgehead atoms. The number of nitrogens with two attached hydrogens (primary N) is 1. The Labute approximate surface area is 123 Å². The third-order valence-electron chi connectivity index (χ3n) is 2.15. The van der Waals surface area contributed by atoms with E-state index >= 15 is 0 Å². The van der Waals surface area contributed by atoms with Crippen LogP contribution in [0.3, 0.4) is 0 Å². The Morgan fingerprint density at radius 3 is 2.55 bits per heavy atom. The lowest BCUT2D eigenvalue weighted by Gasteiger charge is -2.11. The number of amides is 2. The summed E-state index contributed by atoms with van der Waals surface area (Å²) in [4.78, 5) is 22.6. The standard InChI is InChI=1S/C10H12BrN3O5S/c11-7-3-1-2-6(9(15)16)8(7)14-10(17)13-4-5-20(12,18)19/h1-3H,4-5H2,(H,15,16)(H2,12,18,19)(H2,13,14,17). The van der Waals surface area contributed by atoms with Crippen LogP contribution in [-0.2, 0) is 10.0 Å². The maximum Gasteiger partial charge on any atom is 0.337 e. The number of primary sulfonamides is 1. The first-order valence-electron chi connectivity index (χ1n) is 5.28. The number of halogens is 1. The molecule has 0 saturated carbocycles. The number of hydrogen-bond acceptors (Lipinski definition) is 4. The number of carboxylic acid groups (broad SMARTS) is 1. The van der Waals surface area contributed by atoms with Gasteiger partial charge in [0.1, 0.15) is 0 Å². The SMILES string of the molecule is NS(=O)(=O)CCNC(=O)Nc1c(Br)cccc1C(=O)O. The van der Waals surface area contributed by atoms with Crippen LogP contribution in [0.25, 0.3) is 0 Å². The number of hydrogen-bond donors (Lipinski definition) is 4. The molecule has 5 N–H and O–H groups in total. The lowest BCUT2D eigenvalue weighted by Crippen LogP contribution is -2.34. The van der Waals surface area contributed by atoms with E-state index in [1.54, 1.807) is 6.07 Å². The molecule has 0 atom stereocenters. The summed E-state index contributed by atoms with van der Waals surface area (Å²) < 4.78 is 21.8. The summed E-state index contributed by atoms with van der Waals surface area (Å²) in [5.74, 6) is -1.62. The molecule has 110 valence electrons. The zero-order valence-corrected chi connectivity index (χ0v) is 12.5. The fraction of sp³-hybridized carbons (Fsp3) is 0.200. The van der Waals surface area contributed by atoms with Crippen molar-refractivity contribution in [1.29, 1.82) is 0 Å². The van der Waals surface area contributed by atoms with Gasteiger partial charge in [-0.2, -0.15) is 0 Å². The summed E-state index contributed by atoms with van der Waals surface area (Å²) in [6, 6.07) is 3.67. The molecule has 10 heteroatoms. The molecule has 0 spiro atoms. The Hall–Kier alpha value is -1.65. The molecule has 2 amide bonds. The van der Waals surface area contributed by atoms with Crippen molar-refractivity contribution in [2.75, 3.05) is 17.6 Å². The van der Waals surface area contributed by atoms with Crippen LogP contribution in [0.2, 0.25) is 0 Å². The predicted molar refractivity (Wildman–Crippen MR) is 76.1 cm³/mol. The van der Waals surface area contributed by atoms with Crippen LogP contribution in [0.15, 0.2) is 22.7 Å². The highest BCUT2D eigenvalue weighted by Gasteiger charge is 2.15. The molecule has 0 radical (unpaired) electrons. The van der Waals surface area contributed by atoms with E-state index in [4.69, 9.17) is 10.2 Å². The van der Waals surface area contributed by atoms with E-state index in [0.29, 0.717) is 4.47 Å². The number of rotatable bonds is 5. The Kier molecular flexibility index (Phi) is 5.48. The van der Waals surface area contributed by atoms with E-state index in [1.165, 1.54) is 12.1 Å². The average Bonchev–Trinajstić information content (AvgIpc) is 2.29. The topological polar surface area (TPSA) is 139 Å². The van der Waals surface area contributed by atoms with Gasteiger partial charge in [-0.25, -0.2) is 23.1 Å². The second-order valence-corrected chi connectivity index (χ2v) is 6.30. The van der Waals surface area contributed by atoms with E-state index in [9.17, 15) is 18.0 Å². The smallest absolute Gasteiger partial charge is 0.337 e. The van der Waals surface area contributed by atoms with Crippen LogP contribution in [-0.4, -0.2) is 37.8 Å². The van der Waals surface area contributed by atoms with Crippen LogP contribution in [0.4, 0.5) is 10.5 Å². The largest absolute Gasteiger partial charge is 0.478 e. The van der Waals surface area contributed by atoms with Gasteiger partial charge in [0, 0.05) is 11.0 Å². The molecule has 0 aromatic heterocycles. The molecule has 0 fully saturated rings. The van der Waals surface area contributed by atoms with Crippen molar-refractivity contribution in [2.45, 2.75) is 0 Å². The predicted octanol–water partition coefficient (Wildman–Crippen LogP) is 0.557. The Morgan fingerprint density at radius 1 is 1.35 bits per heavy atom. The number of carbonyl (C=O) groups is 2. The summed E-state index contributed by atoms with van der Waals surface area (Å²) in [6.07, 6.45) is 0. The summed E-state index contributed by atoms with van der Waals surface area (Å²) in [5.41, 5.74) is -0.0194. The van der Waals surface area contributed by atoms with Crippen LogP contribution in [0.5, 0.6) is 0 Å². The first-order chi connectivity index (χ1) is 9.20. The van der Waals surface area contributed by atoms with Gasteiger partial charge in [-0.1, -0.05) is 6.07 Å². The highest BCUT2D eigenvalue weighted by molar-refractivity contribution is 9.10. The lowest BCUT2D eigenvalue weighted by molar-refractivity contribution is 0.0698. The number of anilines is 1. The minimum atomic E-state index is -3.67. The van der Waals surface area contributed by atoms with Gasteiger partial charge in [0.2, 0.25) is 10.0 Å². The Balaban J connectivity index is 2.74. The van der Waals surface area contributed by atoms with Gasteiger partial charge in [-0.15, -0.1) is 0 Å². The van der Waals surface area contributed by atoms with Crippen molar-refractivity contribution in [3.05, 3.63) is 28.2 Å².